The molecule has 0 saturated heterocycles. The van der Waals surface area contributed by atoms with Crippen LogP contribution >= 0.6 is 15.9 Å². The van der Waals surface area contributed by atoms with Gasteiger partial charge >= 0.3 is 0 Å². The number of halogens is 1. The Labute approximate surface area is 137 Å². The Hall–Kier alpha value is -1.95. The molecule has 0 atom stereocenters. The van der Waals surface area contributed by atoms with E-state index in [1.54, 1.807) is 0 Å². The summed E-state index contributed by atoms with van der Waals surface area (Å²) in [5.41, 5.74) is 0. The summed E-state index contributed by atoms with van der Waals surface area (Å²) >= 11 is 3.48. The lowest BCUT2D eigenvalue weighted by Gasteiger charge is -2.08. The summed E-state index contributed by atoms with van der Waals surface area (Å²) < 4.78 is 8.71. The first-order valence-electron chi connectivity index (χ1n) is 7.33. The van der Waals surface area contributed by atoms with E-state index in [-0.39, 0.29) is 0 Å². The number of unbranched alkanes of at least 4 members (excludes halogenated alkanes) is 1. The third kappa shape index (κ3) is 3.44. The molecule has 6 heteroatoms. The Morgan fingerprint density at radius 2 is 1.95 bits per heavy atom. The number of fused-ring (bicyclic) bond motifs is 1. The van der Waals surface area contributed by atoms with Crippen molar-refractivity contribution in [2.24, 2.45) is 0 Å². The third-order valence-electron chi connectivity index (χ3n) is 3.47. The zero-order valence-corrected chi connectivity index (χ0v) is 14.0. The van der Waals surface area contributed by atoms with Crippen LogP contribution in [0.2, 0.25) is 0 Å². The van der Waals surface area contributed by atoms with Crippen LogP contribution in [0.25, 0.3) is 10.8 Å². The maximum atomic E-state index is 5.83. The van der Waals surface area contributed by atoms with Crippen molar-refractivity contribution in [2.75, 3.05) is 0 Å². The van der Waals surface area contributed by atoms with Gasteiger partial charge in [-0.25, -0.2) is 4.68 Å². The van der Waals surface area contributed by atoms with Gasteiger partial charge in [0.1, 0.15) is 12.4 Å². The topological polar surface area (TPSA) is 52.8 Å². The molecule has 0 unspecified atom stereocenters. The molecule has 3 rings (SSSR count). The van der Waals surface area contributed by atoms with Crippen LogP contribution in [-0.2, 0) is 13.2 Å². The number of hydrogen-bond acceptors (Lipinski definition) is 4. The van der Waals surface area contributed by atoms with E-state index in [1.807, 2.05) is 22.9 Å². The fourth-order valence-corrected chi connectivity index (χ4v) is 2.62. The van der Waals surface area contributed by atoms with Crippen molar-refractivity contribution in [1.29, 1.82) is 0 Å². The number of tetrazole rings is 1. The number of aryl methyl sites for hydroxylation is 1. The normalized spacial score (nSPS) is 11.0. The van der Waals surface area contributed by atoms with Gasteiger partial charge in [-0.1, -0.05) is 41.4 Å². The molecule has 5 nitrogen and oxygen atoms in total. The number of rotatable bonds is 6. The highest BCUT2D eigenvalue weighted by molar-refractivity contribution is 9.10. The molecule has 0 radical (unpaired) electrons. The Kier molecular flexibility index (Phi) is 4.68. The molecule has 0 spiro atoms. The lowest BCUT2D eigenvalue weighted by molar-refractivity contribution is 0.286. The van der Waals surface area contributed by atoms with Crippen molar-refractivity contribution in [1.82, 2.24) is 20.2 Å². The summed E-state index contributed by atoms with van der Waals surface area (Å²) in [5, 5.41) is 14.1. The SMILES string of the molecule is CCCCn1nnnc1COc1ccc2cc(Br)ccc2c1. The number of hydrogen-bond donors (Lipinski definition) is 0. The Balaban J connectivity index is 1.71. The maximum Gasteiger partial charge on any atom is 0.189 e. The molecule has 0 bridgehead atoms. The highest BCUT2D eigenvalue weighted by atomic mass is 79.9. The van der Waals surface area contributed by atoms with E-state index in [2.05, 4.69) is 56.6 Å². The molecule has 1 heterocycles. The quantitative estimate of drug-likeness (QED) is 0.667. The maximum absolute atomic E-state index is 5.83. The molecule has 3 aromatic rings. The zero-order valence-electron chi connectivity index (χ0n) is 12.4. The zero-order chi connectivity index (χ0) is 15.4. The van der Waals surface area contributed by atoms with Crippen LogP contribution in [0.4, 0.5) is 0 Å². The molecule has 0 amide bonds. The molecule has 114 valence electrons. The van der Waals surface area contributed by atoms with Crippen LogP contribution in [-0.4, -0.2) is 20.2 Å². The molecule has 0 saturated carbocycles. The van der Waals surface area contributed by atoms with Crippen LogP contribution in [0.3, 0.4) is 0 Å². The van der Waals surface area contributed by atoms with E-state index in [0.29, 0.717) is 6.61 Å². The second-order valence-electron chi connectivity index (χ2n) is 5.11. The van der Waals surface area contributed by atoms with E-state index in [4.69, 9.17) is 4.74 Å². The van der Waals surface area contributed by atoms with Gasteiger partial charge in [0, 0.05) is 11.0 Å². The third-order valence-corrected chi connectivity index (χ3v) is 3.96. The van der Waals surface area contributed by atoms with Gasteiger partial charge in [-0.15, -0.1) is 5.10 Å². The van der Waals surface area contributed by atoms with Gasteiger partial charge in [-0.2, -0.15) is 0 Å². The van der Waals surface area contributed by atoms with Crippen molar-refractivity contribution in [3.05, 3.63) is 46.7 Å². The van der Waals surface area contributed by atoms with Crippen molar-refractivity contribution in [2.45, 2.75) is 32.9 Å². The van der Waals surface area contributed by atoms with Gasteiger partial charge in [0.15, 0.2) is 5.82 Å². The van der Waals surface area contributed by atoms with Gasteiger partial charge in [-0.05, 0) is 51.9 Å². The highest BCUT2D eigenvalue weighted by Crippen LogP contribution is 2.24. The van der Waals surface area contributed by atoms with Crippen LogP contribution in [0, 0.1) is 0 Å². The predicted octanol–water partition coefficient (Wildman–Crippen LogP) is 3.97. The van der Waals surface area contributed by atoms with Crippen LogP contribution in [0.1, 0.15) is 25.6 Å². The molecule has 0 aliphatic carbocycles. The summed E-state index contributed by atoms with van der Waals surface area (Å²) in [6.45, 7) is 3.35. The van der Waals surface area contributed by atoms with E-state index in [1.165, 1.54) is 5.39 Å². The first-order valence-corrected chi connectivity index (χ1v) is 8.12. The first-order chi connectivity index (χ1) is 10.8. The standard InChI is InChI=1S/C16H17BrN4O/c1-2-3-8-21-16(18-19-20-21)11-22-15-7-5-12-9-14(17)6-4-13(12)10-15/h4-7,9-10H,2-3,8,11H2,1H3. The molecular formula is C16H17BrN4O. The molecule has 1 aromatic heterocycles. The van der Waals surface area contributed by atoms with Crippen molar-refractivity contribution < 1.29 is 4.74 Å². The minimum atomic E-state index is 0.374. The molecule has 0 aliphatic rings. The average Bonchev–Trinajstić information content (AvgIpc) is 2.98. The number of nitrogens with zero attached hydrogens (tertiary/aromatic N) is 4. The first kappa shape index (κ1) is 15.0. The smallest absolute Gasteiger partial charge is 0.189 e. The van der Waals surface area contributed by atoms with Crippen molar-refractivity contribution in [3.63, 3.8) is 0 Å². The average molecular weight is 361 g/mol. The van der Waals surface area contributed by atoms with E-state index in [0.717, 1.165) is 40.8 Å². The molecule has 2 aromatic carbocycles. The Morgan fingerprint density at radius 3 is 2.82 bits per heavy atom. The summed E-state index contributed by atoms with van der Waals surface area (Å²) in [4.78, 5) is 0. The highest BCUT2D eigenvalue weighted by Gasteiger charge is 2.07. The van der Waals surface area contributed by atoms with Crippen molar-refractivity contribution >= 4 is 26.7 Å². The number of benzene rings is 2. The predicted molar refractivity (Wildman–Crippen MR) is 88.7 cm³/mol. The second kappa shape index (κ2) is 6.87. The number of aromatic nitrogens is 4. The van der Waals surface area contributed by atoms with E-state index < -0.39 is 0 Å². The molecule has 22 heavy (non-hydrogen) atoms. The van der Waals surface area contributed by atoms with Gasteiger partial charge in [-0.3, -0.25) is 0 Å². The molecule has 0 fully saturated rings. The fourth-order valence-electron chi connectivity index (χ4n) is 2.24. The summed E-state index contributed by atoms with van der Waals surface area (Å²) in [5.74, 6) is 1.57. The minimum Gasteiger partial charge on any atom is -0.486 e. The largest absolute Gasteiger partial charge is 0.486 e. The lowest BCUT2D eigenvalue weighted by Crippen LogP contribution is -2.08. The van der Waals surface area contributed by atoms with E-state index in [9.17, 15) is 0 Å². The van der Waals surface area contributed by atoms with Gasteiger partial charge < -0.3 is 4.74 Å². The van der Waals surface area contributed by atoms with Crippen LogP contribution < -0.4 is 4.74 Å². The summed E-state index contributed by atoms with van der Waals surface area (Å²) in [6, 6.07) is 12.2. The van der Waals surface area contributed by atoms with Crippen LogP contribution in [0.5, 0.6) is 5.75 Å². The molecule has 0 aliphatic heterocycles. The second-order valence-corrected chi connectivity index (χ2v) is 6.03. The van der Waals surface area contributed by atoms with E-state index >= 15 is 0 Å². The van der Waals surface area contributed by atoms with Crippen LogP contribution in [0.15, 0.2) is 40.9 Å². The van der Waals surface area contributed by atoms with Gasteiger partial charge in [0.25, 0.3) is 0 Å². The fraction of sp³-hybridized carbons (Fsp3) is 0.312. The minimum absolute atomic E-state index is 0.374. The van der Waals surface area contributed by atoms with Gasteiger partial charge in [0.2, 0.25) is 0 Å². The monoisotopic (exact) mass is 360 g/mol. The number of ether oxygens (including phenoxy) is 1. The summed E-state index contributed by atoms with van der Waals surface area (Å²) in [6.07, 6.45) is 2.17. The summed E-state index contributed by atoms with van der Waals surface area (Å²) in [7, 11) is 0. The molecular weight excluding hydrogens is 344 g/mol. The Morgan fingerprint density at radius 1 is 1.14 bits per heavy atom. The van der Waals surface area contributed by atoms with Gasteiger partial charge in [0.05, 0.1) is 0 Å². The molecule has 0 N–H and O–H groups in total. The Bertz CT molecular complexity index is 772. The lowest BCUT2D eigenvalue weighted by atomic mass is 10.1. The van der Waals surface area contributed by atoms with Crippen molar-refractivity contribution in [3.8, 4) is 5.75 Å².